The van der Waals surface area contributed by atoms with Crippen LogP contribution < -0.4 is 5.32 Å². The predicted octanol–water partition coefficient (Wildman–Crippen LogP) is 1.19. The number of nitrogens with zero attached hydrogens (tertiary/aromatic N) is 4. The molecule has 1 aromatic carbocycles. The predicted molar refractivity (Wildman–Crippen MR) is 72.8 cm³/mol. The number of aromatic nitrogens is 3. The number of aliphatic carboxylic acids is 1. The lowest BCUT2D eigenvalue weighted by Crippen LogP contribution is -2.09. The third-order valence-corrected chi connectivity index (χ3v) is 2.78. The average Bonchev–Trinajstić information content (AvgIpc) is 2.84. The third kappa shape index (κ3) is 3.75. The van der Waals surface area contributed by atoms with E-state index >= 15 is 0 Å². The number of nitro groups is 1. The van der Waals surface area contributed by atoms with Gasteiger partial charge in [0, 0.05) is 17.8 Å². The van der Waals surface area contributed by atoms with E-state index in [1.54, 1.807) is 6.07 Å². The number of rotatable bonds is 6. The van der Waals surface area contributed by atoms with E-state index in [0.717, 1.165) is 5.56 Å². The molecule has 2 N–H and O–H groups in total. The number of hydrogen-bond acceptors (Lipinski definition) is 6. The Hall–Kier alpha value is -2.97. The maximum Gasteiger partial charge on any atom is 0.325 e. The van der Waals surface area contributed by atoms with Gasteiger partial charge < -0.3 is 10.4 Å². The zero-order valence-electron chi connectivity index (χ0n) is 11.2. The summed E-state index contributed by atoms with van der Waals surface area (Å²) in [5.74, 6) is -1.01. The summed E-state index contributed by atoms with van der Waals surface area (Å²) >= 11 is 0. The summed E-state index contributed by atoms with van der Waals surface area (Å²) in [5, 5.41) is 29.9. The van der Waals surface area contributed by atoms with Crippen molar-refractivity contribution < 1.29 is 14.8 Å². The number of aryl methyl sites for hydroxylation is 1. The molecule has 0 spiro atoms. The summed E-state index contributed by atoms with van der Waals surface area (Å²) in [5.41, 5.74) is 2.02. The van der Waals surface area contributed by atoms with Gasteiger partial charge in [0.1, 0.15) is 12.2 Å². The Labute approximate surface area is 119 Å². The normalized spacial score (nSPS) is 10.3. The van der Waals surface area contributed by atoms with E-state index in [9.17, 15) is 14.9 Å². The molecular formula is C12H13N5O4. The molecule has 0 aliphatic heterocycles. The van der Waals surface area contributed by atoms with Crippen molar-refractivity contribution in [3.63, 3.8) is 0 Å². The fourth-order valence-corrected chi connectivity index (χ4v) is 1.74. The van der Waals surface area contributed by atoms with Crippen LogP contribution in [-0.2, 0) is 17.9 Å². The molecule has 0 fully saturated rings. The van der Waals surface area contributed by atoms with E-state index in [0.29, 0.717) is 17.9 Å². The van der Waals surface area contributed by atoms with Crippen molar-refractivity contribution in [2.24, 2.45) is 0 Å². The summed E-state index contributed by atoms with van der Waals surface area (Å²) in [7, 11) is 0. The van der Waals surface area contributed by atoms with Crippen LogP contribution in [-0.4, -0.2) is 31.0 Å². The Morgan fingerprint density at radius 3 is 2.95 bits per heavy atom. The molecule has 9 nitrogen and oxygen atoms in total. The standard InChI is InChI=1S/C12H13N5O4/c1-8-2-3-10(17(20)21)4-11(8)13-5-9-6-16(15-14-9)7-12(18)19/h2-4,6,13H,5,7H2,1H3,(H,18,19). The highest BCUT2D eigenvalue weighted by Crippen LogP contribution is 2.22. The van der Waals surface area contributed by atoms with Gasteiger partial charge >= 0.3 is 5.97 Å². The molecule has 0 bridgehead atoms. The minimum Gasteiger partial charge on any atom is -0.480 e. The van der Waals surface area contributed by atoms with Crippen LogP contribution in [0.3, 0.4) is 0 Å². The largest absolute Gasteiger partial charge is 0.480 e. The van der Waals surface area contributed by atoms with Crippen LogP contribution in [0.15, 0.2) is 24.4 Å². The van der Waals surface area contributed by atoms with E-state index in [1.165, 1.54) is 23.0 Å². The molecule has 0 radical (unpaired) electrons. The monoisotopic (exact) mass is 291 g/mol. The van der Waals surface area contributed by atoms with E-state index in [4.69, 9.17) is 5.11 Å². The molecule has 0 aliphatic carbocycles. The minimum absolute atomic E-state index is 0.00219. The number of nitrogens with one attached hydrogen (secondary N) is 1. The molecule has 21 heavy (non-hydrogen) atoms. The molecule has 2 rings (SSSR count). The first-order chi connectivity index (χ1) is 9.95. The van der Waals surface area contributed by atoms with Gasteiger partial charge in [-0.3, -0.25) is 14.9 Å². The number of carboxylic acids is 1. The Morgan fingerprint density at radius 1 is 1.52 bits per heavy atom. The van der Waals surface area contributed by atoms with Crippen molar-refractivity contribution >= 4 is 17.3 Å². The lowest BCUT2D eigenvalue weighted by atomic mass is 10.2. The van der Waals surface area contributed by atoms with Gasteiger partial charge in [-0.2, -0.15) is 0 Å². The number of carbonyl (C=O) groups is 1. The van der Waals surface area contributed by atoms with Crippen molar-refractivity contribution in [2.75, 3.05) is 5.32 Å². The molecule has 0 atom stereocenters. The van der Waals surface area contributed by atoms with Crippen LogP contribution in [0.5, 0.6) is 0 Å². The van der Waals surface area contributed by atoms with E-state index in [-0.39, 0.29) is 12.2 Å². The Bertz CT molecular complexity index is 682. The van der Waals surface area contributed by atoms with Crippen molar-refractivity contribution in [3.8, 4) is 0 Å². The summed E-state index contributed by atoms with van der Waals surface area (Å²) < 4.78 is 1.21. The molecular weight excluding hydrogens is 278 g/mol. The maximum atomic E-state index is 10.7. The second-order valence-corrected chi connectivity index (χ2v) is 4.41. The van der Waals surface area contributed by atoms with E-state index in [2.05, 4.69) is 15.6 Å². The van der Waals surface area contributed by atoms with Gasteiger partial charge in [-0.05, 0) is 12.5 Å². The highest BCUT2D eigenvalue weighted by molar-refractivity contribution is 5.66. The zero-order valence-corrected chi connectivity index (χ0v) is 11.2. The van der Waals surface area contributed by atoms with Gasteiger partial charge in [0.25, 0.3) is 5.69 Å². The fourth-order valence-electron chi connectivity index (χ4n) is 1.74. The summed E-state index contributed by atoms with van der Waals surface area (Å²) in [6.45, 7) is 1.86. The van der Waals surface area contributed by atoms with Gasteiger partial charge in [-0.1, -0.05) is 11.3 Å². The first-order valence-corrected chi connectivity index (χ1v) is 6.05. The lowest BCUT2D eigenvalue weighted by Gasteiger charge is -2.07. The topological polar surface area (TPSA) is 123 Å². The Kier molecular flexibility index (Phi) is 4.12. The molecule has 110 valence electrons. The maximum absolute atomic E-state index is 10.7. The SMILES string of the molecule is Cc1ccc([N+](=O)[O-])cc1NCc1cn(CC(=O)O)nn1. The first-order valence-electron chi connectivity index (χ1n) is 6.05. The number of benzene rings is 1. The van der Waals surface area contributed by atoms with Gasteiger partial charge in [0.15, 0.2) is 0 Å². The minimum atomic E-state index is -1.01. The molecule has 0 amide bonds. The number of non-ortho nitro benzene ring substituents is 1. The average molecular weight is 291 g/mol. The molecule has 0 unspecified atom stereocenters. The lowest BCUT2D eigenvalue weighted by molar-refractivity contribution is -0.384. The quantitative estimate of drug-likeness (QED) is 0.605. The summed E-state index contributed by atoms with van der Waals surface area (Å²) in [6, 6.07) is 4.53. The van der Waals surface area contributed by atoms with Crippen molar-refractivity contribution in [1.82, 2.24) is 15.0 Å². The molecule has 0 saturated carbocycles. The van der Waals surface area contributed by atoms with Gasteiger partial charge in [-0.25, -0.2) is 4.68 Å². The first kappa shape index (κ1) is 14.4. The van der Waals surface area contributed by atoms with Gasteiger partial charge in [0.2, 0.25) is 0 Å². The van der Waals surface area contributed by atoms with Crippen LogP contribution >= 0.6 is 0 Å². The van der Waals surface area contributed by atoms with Crippen molar-refractivity contribution in [3.05, 3.63) is 45.8 Å². The number of carboxylic acid groups (broad SMARTS) is 1. The highest BCUT2D eigenvalue weighted by Gasteiger charge is 2.09. The van der Waals surface area contributed by atoms with Crippen LogP contribution in [0.4, 0.5) is 11.4 Å². The van der Waals surface area contributed by atoms with Crippen LogP contribution in [0.25, 0.3) is 0 Å². The van der Waals surface area contributed by atoms with Crippen molar-refractivity contribution in [1.29, 1.82) is 0 Å². The second-order valence-electron chi connectivity index (χ2n) is 4.41. The summed E-state index contributed by atoms with van der Waals surface area (Å²) in [6.07, 6.45) is 1.51. The molecule has 0 aliphatic rings. The van der Waals surface area contributed by atoms with Crippen molar-refractivity contribution in [2.45, 2.75) is 20.0 Å². The fraction of sp³-hybridized carbons (Fsp3) is 0.250. The number of hydrogen-bond donors (Lipinski definition) is 2. The second kappa shape index (κ2) is 5.99. The molecule has 0 saturated heterocycles. The van der Waals surface area contributed by atoms with Crippen LogP contribution in [0, 0.1) is 17.0 Å². The summed E-state index contributed by atoms with van der Waals surface area (Å²) in [4.78, 5) is 20.8. The molecule has 2 aromatic rings. The molecule has 9 heteroatoms. The van der Waals surface area contributed by atoms with E-state index < -0.39 is 10.9 Å². The molecule has 1 aromatic heterocycles. The van der Waals surface area contributed by atoms with E-state index in [1.807, 2.05) is 6.92 Å². The Morgan fingerprint density at radius 2 is 2.29 bits per heavy atom. The van der Waals surface area contributed by atoms with Gasteiger partial charge in [-0.15, -0.1) is 5.10 Å². The van der Waals surface area contributed by atoms with Crippen LogP contribution in [0.1, 0.15) is 11.3 Å². The molecule has 1 heterocycles. The highest BCUT2D eigenvalue weighted by atomic mass is 16.6. The number of nitro benzene ring substituents is 1. The Balaban J connectivity index is 2.05. The third-order valence-electron chi connectivity index (χ3n) is 2.78. The van der Waals surface area contributed by atoms with Gasteiger partial charge in [0.05, 0.1) is 17.7 Å². The van der Waals surface area contributed by atoms with Crippen LogP contribution in [0.2, 0.25) is 0 Å². The smallest absolute Gasteiger partial charge is 0.325 e. The zero-order chi connectivity index (χ0) is 15.4. The number of anilines is 1.